The van der Waals surface area contributed by atoms with Crippen LogP contribution >= 0.6 is 11.8 Å². The highest BCUT2D eigenvalue weighted by Gasteiger charge is 2.42. The number of hydrogen-bond acceptors (Lipinski definition) is 10. The zero-order chi connectivity index (χ0) is 31.0. The number of nitrogens with one attached hydrogen (secondary N) is 4. The Balaban J connectivity index is 0.000000541. The smallest absolute Gasteiger partial charge is 0.315 e. The van der Waals surface area contributed by atoms with Gasteiger partial charge in [-0.2, -0.15) is 24.9 Å². The van der Waals surface area contributed by atoms with Crippen LogP contribution < -0.4 is 25.8 Å². The van der Waals surface area contributed by atoms with Gasteiger partial charge in [0.05, 0.1) is 24.5 Å². The Morgan fingerprint density at radius 1 is 1.14 bits per heavy atom. The molecule has 14 nitrogen and oxygen atoms in total. The van der Waals surface area contributed by atoms with Crippen LogP contribution in [-0.2, 0) is 15.0 Å². The van der Waals surface area contributed by atoms with Crippen LogP contribution in [0.4, 0.5) is 10.6 Å². The van der Waals surface area contributed by atoms with Crippen molar-refractivity contribution >= 4 is 50.9 Å². The number of aromatic nitrogens is 4. The summed E-state index contributed by atoms with van der Waals surface area (Å²) in [5.74, 6) is 0.623. The SMILES string of the molecule is CCN(CC)CC.Nc1ncnc2c1ncn2[C@H]1C=C[C@@H](CNS(=O)(=O)NC(=O)CCCC[C@@H]2SC[C@@H]3NC(=O)N[C@@H]32)C1. The van der Waals surface area contributed by atoms with Gasteiger partial charge in [0.1, 0.15) is 11.8 Å². The maximum absolute atomic E-state index is 12.4. The summed E-state index contributed by atoms with van der Waals surface area (Å²) < 4.78 is 31.2. The van der Waals surface area contributed by atoms with E-state index in [1.54, 1.807) is 6.33 Å². The molecule has 0 bridgehead atoms. The predicted molar refractivity (Wildman–Crippen MR) is 169 cm³/mol. The molecule has 1 aliphatic carbocycles. The summed E-state index contributed by atoms with van der Waals surface area (Å²) in [7, 11) is -3.95. The molecule has 4 heterocycles. The molecule has 6 N–H and O–H groups in total. The standard InChI is InChI=1S/C21H29N9O4S2.C6H15N/c22-19-18-20(24-10-23-19)30(11-25-18)13-6-5-12(7-13)8-26-36(33,34)29-16(31)4-2-1-3-15-17-14(9-35-15)27-21(32)28-17;1-4-7(5-2)6-3/h5-6,10-15,17,26H,1-4,7-9H2,(H,29,31)(H2,22,23,24)(H2,27,28,32);4-6H2,1-3H3/t12-,13+,14+,15+,17+;/m1./s1. The van der Waals surface area contributed by atoms with Crippen LogP contribution in [0.5, 0.6) is 0 Å². The fraction of sp³-hybridized carbons (Fsp3) is 0.667. The summed E-state index contributed by atoms with van der Waals surface area (Å²) in [5, 5.41) is 6.17. The van der Waals surface area contributed by atoms with E-state index >= 15 is 0 Å². The fourth-order valence-electron chi connectivity index (χ4n) is 5.62. The third kappa shape index (κ3) is 8.80. The summed E-state index contributed by atoms with van der Waals surface area (Å²) >= 11 is 1.82. The topological polar surface area (TPSA) is 189 Å². The molecule has 238 valence electrons. The average molecular weight is 637 g/mol. The largest absolute Gasteiger partial charge is 0.382 e. The van der Waals surface area contributed by atoms with Crippen molar-refractivity contribution in [3.63, 3.8) is 0 Å². The quantitative estimate of drug-likeness (QED) is 0.123. The summed E-state index contributed by atoms with van der Waals surface area (Å²) in [6.07, 6.45) is 9.98. The number of rotatable bonds is 13. The van der Waals surface area contributed by atoms with E-state index in [1.165, 1.54) is 26.0 Å². The number of hydrogen-bond donors (Lipinski definition) is 5. The van der Waals surface area contributed by atoms with E-state index in [0.717, 1.165) is 18.6 Å². The Bertz CT molecular complexity index is 1380. The second-order valence-electron chi connectivity index (χ2n) is 10.9. The monoisotopic (exact) mass is 636 g/mol. The molecule has 2 aliphatic heterocycles. The first-order valence-electron chi connectivity index (χ1n) is 15.0. The number of carbonyl (C=O) groups excluding carboxylic acids is 2. The predicted octanol–water partition coefficient (Wildman–Crippen LogP) is 1.55. The summed E-state index contributed by atoms with van der Waals surface area (Å²) in [4.78, 5) is 38.5. The van der Waals surface area contributed by atoms with E-state index in [2.05, 4.69) is 60.7 Å². The van der Waals surface area contributed by atoms with Gasteiger partial charge in [0.15, 0.2) is 11.5 Å². The lowest BCUT2D eigenvalue weighted by Crippen LogP contribution is -2.41. The molecule has 2 aromatic rings. The van der Waals surface area contributed by atoms with Crippen LogP contribution in [0.15, 0.2) is 24.8 Å². The molecule has 43 heavy (non-hydrogen) atoms. The number of allylic oxidation sites excluding steroid dienone is 1. The van der Waals surface area contributed by atoms with Gasteiger partial charge in [-0.05, 0) is 44.8 Å². The third-order valence-corrected chi connectivity index (χ3v) is 10.7. The van der Waals surface area contributed by atoms with Crippen molar-refractivity contribution in [2.45, 2.75) is 76.3 Å². The van der Waals surface area contributed by atoms with Crippen LogP contribution in [0, 0.1) is 5.92 Å². The molecule has 5 atom stereocenters. The number of anilines is 1. The minimum Gasteiger partial charge on any atom is -0.382 e. The van der Waals surface area contributed by atoms with E-state index in [0.29, 0.717) is 35.1 Å². The van der Waals surface area contributed by atoms with Crippen LogP contribution in [0.2, 0.25) is 0 Å². The highest BCUT2D eigenvalue weighted by atomic mass is 32.2. The number of unbranched alkanes of at least 4 members (excludes halogenated alkanes) is 1. The summed E-state index contributed by atoms with van der Waals surface area (Å²) in [6.45, 7) is 10.3. The molecule has 2 fully saturated rings. The normalized spacial score (nSPS) is 24.5. The van der Waals surface area contributed by atoms with Crippen molar-refractivity contribution in [2.24, 2.45) is 5.92 Å². The van der Waals surface area contributed by atoms with Crippen LogP contribution in [0.25, 0.3) is 11.2 Å². The van der Waals surface area contributed by atoms with E-state index in [1.807, 2.05) is 28.5 Å². The lowest BCUT2D eigenvalue weighted by molar-refractivity contribution is -0.119. The Hall–Kier alpha value is -2.95. The van der Waals surface area contributed by atoms with Gasteiger partial charge in [0.2, 0.25) is 5.91 Å². The maximum atomic E-state index is 12.4. The molecule has 0 unspecified atom stereocenters. The van der Waals surface area contributed by atoms with Crippen molar-refractivity contribution in [1.29, 1.82) is 0 Å². The number of carbonyl (C=O) groups is 2. The number of amides is 3. The number of imidazole rings is 1. The molecule has 0 aromatic carbocycles. The van der Waals surface area contributed by atoms with Crippen molar-refractivity contribution in [3.05, 3.63) is 24.8 Å². The minimum absolute atomic E-state index is 0.0324. The van der Waals surface area contributed by atoms with Gasteiger partial charge in [-0.3, -0.25) is 4.79 Å². The summed E-state index contributed by atoms with van der Waals surface area (Å²) in [6, 6.07) is 0.147. The molecule has 5 rings (SSSR count). The Labute approximate surface area is 257 Å². The number of nitrogens with zero attached hydrogens (tertiary/aromatic N) is 5. The van der Waals surface area contributed by atoms with Crippen molar-refractivity contribution in [3.8, 4) is 0 Å². The number of nitrogen functional groups attached to an aromatic ring is 1. The molecule has 3 aliphatic rings. The molecule has 2 aromatic heterocycles. The van der Waals surface area contributed by atoms with Gasteiger partial charge < -0.3 is 25.8 Å². The molecule has 2 saturated heterocycles. The average Bonchev–Trinajstić information content (AvgIpc) is 3.76. The molecule has 0 saturated carbocycles. The fourth-order valence-corrected chi connectivity index (χ4v) is 8.07. The van der Waals surface area contributed by atoms with Gasteiger partial charge in [0, 0.05) is 24.0 Å². The van der Waals surface area contributed by atoms with E-state index in [9.17, 15) is 18.0 Å². The Kier molecular flexibility index (Phi) is 11.6. The Morgan fingerprint density at radius 3 is 2.63 bits per heavy atom. The molecular weight excluding hydrogens is 592 g/mol. The zero-order valence-corrected chi connectivity index (χ0v) is 26.7. The molecule has 3 amide bonds. The first kappa shape index (κ1) is 33.0. The van der Waals surface area contributed by atoms with Crippen LogP contribution in [0.1, 0.15) is 58.9 Å². The lowest BCUT2D eigenvalue weighted by Gasteiger charge is -2.16. The molecule has 0 radical (unpaired) electrons. The van der Waals surface area contributed by atoms with Crippen molar-refractivity contribution < 1.29 is 18.0 Å². The van der Waals surface area contributed by atoms with Crippen LogP contribution in [0.3, 0.4) is 0 Å². The maximum Gasteiger partial charge on any atom is 0.315 e. The highest BCUT2D eigenvalue weighted by molar-refractivity contribution is 8.00. The van der Waals surface area contributed by atoms with Gasteiger partial charge in [-0.1, -0.05) is 39.3 Å². The van der Waals surface area contributed by atoms with E-state index in [-0.39, 0.29) is 43.0 Å². The first-order valence-corrected chi connectivity index (χ1v) is 17.5. The number of urea groups is 1. The Morgan fingerprint density at radius 2 is 1.91 bits per heavy atom. The van der Waals surface area contributed by atoms with Gasteiger partial charge in [0.25, 0.3) is 0 Å². The van der Waals surface area contributed by atoms with Crippen molar-refractivity contribution in [1.82, 2.24) is 44.5 Å². The number of fused-ring (bicyclic) bond motifs is 2. The second kappa shape index (κ2) is 15.2. The van der Waals surface area contributed by atoms with Crippen LogP contribution in [-0.4, -0.2) is 94.0 Å². The number of nitrogens with two attached hydrogens (primary N) is 1. The zero-order valence-electron chi connectivity index (χ0n) is 25.0. The van der Waals surface area contributed by atoms with Crippen molar-refractivity contribution in [2.75, 3.05) is 37.7 Å². The highest BCUT2D eigenvalue weighted by Crippen LogP contribution is 2.33. The minimum atomic E-state index is -3.95. The third-order valence-electron chi connectivity index (χ3n) is 8.10. The first-order chi connectivity index (χ1) is 20.6. The molecular formula is C27H44N10O4S2. The lowest BCUT2D eigenvalue weighted by atomic mass is 10.0. The van der Waals surface area contributed by atoms with Gasteiger partial charge in [-0.15, -0.1) is 0 Å². The number of thioether (sulfide) groups is 1. The van der Waals surface area contributed by atoms with E-state index in [4.69, 9.17) is 5.73 Å². The second-order valence-corrected chi connectivity index (χ2v) is 13.7. The van der Waals surface area contributed by atoms with Gasteiger partial charge >= 0.3 is 16.2 Å². The summed E-state index contributed by atoms with van der Waals surface area (Å²) in [5.41, 5.74) is 7.01. The molecule has 0 spiro atoms. The molecule has 16 heteroatoms. The van der Waals surface area contributed by atoms with E-state index < -0.39 is 16.1 Å². The van der Waals surface area contributed by atoms with Gasteiger partial charge in [-0.25, -0.2) is 24.5 Å².